The Morgan fingerprint density at radius 2 is 2.12 bits per heavy atom. The van der Waals surface area contributed by atoms with Gasteiger partial charge in [0.05, 0.1) is 12.4 Å². The zero-order valence-corrected chi connectivity index (χ0v) is 8.70. The van der Waals surface area contributed by atoms with E-state index in [4.69, 9.17) is 5.73 Å². The summed E-state index contributed by atoms with van der Waals surface area (Å²) in [5.41, 5.74) is 8.45. The van der Waals surface area contributed by atoms with E-state index < -0.39 is 0 Å². The normalized spacial score (nSPS) is 11.1. The fourth-order valence-electron chi connectivity index (χ4n) is 1.67. The molecule has 3 aromatic rings. The molecule has 0 atom stereocenters. The molecule has 0 aliphatic heterocycles. The minimum Gasteiger partial charge on any atom is -0.384 e. The lowest BCUT2D eigenvalue weighted by molar-refractivity contribution is 0.768. The number of anilines is 1. The predicted octanol–water partition coefficient (Wildman–Crippen LogP) is 0.712. The Balaban J connectivity index is 2.29. The van der Waals surface area contributed by atoms with Gasteiger partial charge in [0, 0.05) is 30.6 Å². The number of hydrogen-bond donors (Lipinski definition) is 1. The second-order valence-electron chi connectivity index (χ2n) is 3.57. The van der Waals surface area contributed by atoms with Crippen LogP contribution < -0.4 is 5.73 Å². The summed E-state index contributed by atoms with van der Waals surface area (Å²) < 4.78 is 3.35. The summed E-state index contributed by atoms with van der Waals surface area (Å²) in [5.74, 6) is 0.570. The zero-order valence-electron chi connectivity index (χ0n) is 8.70. The molecule has 0 unspecified atom stereocenters. The fraction of sp³-hybridized carbons (Fsp3) is 0.100. The first-order valence-corrected chi connectivity index (χ1v) is 4.83. The number of nitrogens with two attached hydrogens (primary N) is 1. The van der Waals surface area contributed by atoms with Gasteiger partial charge in [0.1, 0.15) is 5.82 Å². The second-order valence-corrected chi connectivity index (χ2v) is 3.57. The van der Waals surface area contributed by atoms with Crippen LogP contribution in [0.15, 0.2) is 30.9 Å². The summed E-state index contributed by atoms with van der Waals surface area (Å²) in [6.07, 6.45) is 7.12. The van der Waals surface area contributed by atoms with Crippen molar-refractivity contribution in [3.05, 3.63) is 30.9 Å². The van der Waals surface area contributed by atoms with E-state index in [0.29, 0.717) is 5.82 Å². The Kier molecular flexibility index (Phi) is 1.70. The molecule has 0 radical (unpaired) electrons. The van der Waals surface area contributed by atoms with Gasteiger partial charge in [-0.2, -0.15) is 14.7 Å². The standard InChI is InChI=1S/C10H10N6/c1-15-6-7(4-13-15)8-5-14-16-9(11)2-3-12-10(8)16/h2-6H,11H2,1H3. The molecule has 3 heterocycles. The Morgan fingerprint density at radius 3 is 2.88 bits per heavy atom. The highest BCUT2D eigenvalue weighted by molar-refractivity contribution is 5.76. The molecule has 0 amide bonds. The van der Waals surface area contributed by atoms with Crippen molar-refractivity contribution in [2.75, 3.05) is 5.73 Å². The summed E-state index contributed by atoms with van der Waals surface area (Å²) in [4.78, 5) is 4.27. The van der Waals surface area contributed by atoms with E-state index >= 15 is 0 Å². The number of nitrogens with zero attached hydrogens (tertiary/aromatic N) is 5. The number of fused-ring (bicyclic) bond motifs is 1. The molecule has 0 aromatic carbocycles. The third kappa shape index (κ3) is 1.16. The lowest BCUT2D eigenvalue weighted by Crippen LogP contribution is -1.98. The van der Waals surface area contributed by atoms with Crippen LogP contribution in [0.5, 0.6) is 0 Å². The smallest absolute Gasteiger partial charge is 0.165 e. The number of aryl methyl sites for hydroxylation is 1. The Hall–Kier alpha value is -2.37. The van der Waals surface area contributed by atoms with E-state index in [1.54, 1.807) is 33.9 Å². The molecule has 16 heavy (non-hydrogen) atoms. The lowest BCUT2D eigenvalue weighted by Gasteiger charge is -1.97. The fourth-order valence-corrected chi connectivity index (χ4v) is 1.67. The third-order valence-electron chi connectivity index (χ3n) is 2.45. The summed E-state index contributed by atoms with van der Waals surface area (Å²) in [5, 5.41) is 8.32. The van der Waals surface area contributed by atoms with Gasteiger partial charge >= 0.3 is 0 Å². The average Bonchev–Trinajstić information content (AvgIpc) is 2.84. The van der Waals surface area contributed by atoms with Crippen LogP contribution in [0.2, 0.25) is 0 Å². The van der Waals surface area contributed by atoms with E-state index in [2.05, 4.69) is 15.2 Å². The second kappa shape index (κ2) is 3.06. The van der Waals surface area contributed by atoms with Gasteiger partial charge in [0.2, 0.25) is 0 Å². The van der Waals surface area contributed by atoms with Crippen LogP contribution in [0.4, 0.5) is 5.82 Å². The molecule has 3 aromatic heterocycles. The third-order valence-corrected chi connectivity index (χ3v) is 2.45. The predicted molar refractivity (Wildman–Crippen MR) is 59.6 cm³/mol. The van der Waals surface area contributed by atoms with E-state index in [1.165, 1.54) is 0 Å². The number of aromatic nitrogens is 5. The zero-order chi connectivity index (χ0) is 11.1. The number of hydrogen-bond acceptors (Lipinski definition) is 4. The van der Waals surface area contributed by atoms with Gasteiger partial charge in [-0.1, -0.05) is 0 Å². The molecule has 0 aliphatic carbocycles. The Morgan fingerprint density at radius 1 is 1.25 bits per heavy atom. The summed E-state index contributed by atoms with van der Waals surface area (Å²) in [6, 6.07) is 1.72. The summed E-state index contributed by atoms with van der Waals surface area (Å²) in [7, 11) is 1.87. The molecule has 0 fully saturated rings. The van der Waals surface area contributed by atoms with Crippen molar-refractivity contribution in [2.45, 2.75) is 0 Å². The minimum absolute atomic E-state index is 0.570. The van der Waals surface area contributed by atoms with Crippen LogP contribution in [0.3, 0.4) is 0 Å². The SMILES string of the molecule is Cn1cc(-c2cnn3c(N)ccnc23)cn1. The van der Waals surface area contributed by atoms with Crippen LogP contribution in [0.1, 0.15) is 0 Å². The molecule has 6 nitrogen and oxygen atoms in total. The largest absolute Gasteiger partial charge is 0.384 e. The molecule has 0 saturated heterocycles. The van der Waals surface area contributed by atoms with Crippen molar-refractivity contribution in [1.29, 1.82) is 0 Å². The van der Waals surface area contributed by atoms with Crippen LogP contribution in [-0.2, 0) is 7.05 Å². The number of rotatable bonds is 1. The monoisotopic (exact) mass is 214 g/mol. The average molecular weight is 214 g/mol. The van der Waals surface area contributed by atoms with Gasteiger partial charge in [-0.25, -0.2) is 4.98 Å². The van der Waals surface area contributed by atoms with E-state index in [-0.39, 0.29) is 0 Å². The van der Waals surface area contributed by atoms with Crippen LogP contribution >= 0.6 is 0 Å². The van der Waals surface area contributed by atoms with Crippen LogP contribution in [-0.4, -0.2) is 24.4 Å². The van der Waals surface area contributed by atoms with Crippen molar-refractivity contribution in [1.82, 2.24) is 24.4 Å². The quantitative estimate of drug-likeness (QED) is 0.647. The molecule has 6 heteroatoms. The highest BCUT2D eigenvalue weighted by Crippen LogP contribution is 2.23. The molecule has 80 valence electrons. The molecule has 2 N–H and O–H groups in total. The first-order valence-electron chi connectivity index (χ1n) is 4.83. The van der Waals surface area contributed by atoms with Gasteiger partial charge in [0.25, 0.3) is 0 Å². The first kappa shape index (κ1) is 8.90. The van der Waals surface area contributed by atoms with Gasteiger partial charge in [-0.05, 0) is 6.07 Å². The van der Waals surface area contributed by atoms with Crippen molar-refractivity contribution in [3.8, 4) is 11.1 Å². The Bertz CT molecular complexity index is 650. The molecular formula is C10H10N6. The number of nitrogen functional groups attached to an aromatic ring is 1. The van der Waals surface area contributed by atoms with E-state index in [9.17, 15) is 0 Å². The van der Waals surface area contributed by atoms with Gasteiger partial charge < -0.3 is 5.73 Å². The molecule has 3 rings (SSSR count). The topological polar surface area (TPSA) is 74.0 Å². The highest BCUT2D eigenvalue weighted by atomic mass is 15.3. The highest BCUT2D eigenvalue weighted by Gasteiger charge is 2.10. The van der Waals surface area contributed by atoms with Crippen molar-refractivity contribution in [3.63, 3.8) is 0 Å². The maximum atomic E-state index is 5.79. The van der Waals surface area contributed by atoms with Crippen molar-refractivity contribution < 1.29 is 0 Å². The first-order chi connectivity index (χ1) is 7.75. The lowest BCUT2D eigenvalue weighted by atomic mass is 10.2. The summed E-state index contributed by atoms with van der Waals surface area (Å²) in [6.45, 7) is 0. The maximum absolute atomic E-state index is 5.79. The van der Waals surface area contributed by atoms with Crippen molar-refractivity contribution >= 4 is 11.5 Å². The van der Waals surface area contributed by atoms with Gasteiger partial charge in [-0.3, -0.25) is 4.68 Å². The molecule has 0 bridgehead atoms. The summed E-state index contributed by atoms with van der Waals surface area (Å²) >= 11 is 0. The van der Waals surface area contributed by atoms with Gasteiger partial charge in [-0.15, -0.1) is 0 Å². The molecule has 0 aliphatic rings. The maximum Gasteiger partial charge on any atom is 0.165 e. The molecule has 0 saturated carbocycles. The molecule has 0 spiro atoms. The van der Waals surface area contributed by atoms with Crippen LogP contribution in [0.25, 0.3) is 16.8 Å². The minimum atomic E-state index is 0.570. The Labute approximate surface area is 91.3 Å². The van der Waals surface area contributed by atoms with Crippen LogP contribution in [0, 0.1) is 0 Å². The van der Waals surface area contributed by atoms with E-state index in [0.717, 1.165) is 16.8 Å². The molecular weight excluding hydrogens is 204 g/mol. The van der Waals surface area contributed by atoms with E-state index in [1.807, 2.05) is 13.2 Å². The van der Waals surface area contributed by atoms with Gasteiger partial charge in [0.15, 0.2) is 5.65 Å². The van der Waals surface area contributed by atoms with Crippen molar-refractivity contribution in [2.24, 2.45) is 7.05 Å².